The number of benzene rings is 2. The molecule has 1 aromatic heterocycles. The van der Waals surface area contributed by atoms with E-state index in [-0.39, 0.29) is 17.7 Å². The van der Waals surface area contributed by atoms with E-state index in [0.29, 0.717) is 18.1 Å². The Morgan fingerprint density at radius 3 is 2.19 bits per heavy atom. The number of hydrogen-bond acceptors (Lipinski definition) is 3. The van der Waals surface area contributed by atoms with Gasteiger partial charge in [0.25, 0.3) is 0 Å². The van der Waals surface area contributed by atoms with E-state index in [1.807, 2.05) is 68.4 Å². The number of rotatable bonds is 8. The third-order valence-corrected chi connectivity index (χ3v) is 5.19. The smallest absolute Gasteiger partial charge is 0.247 e. The summed E-state index contributed by atoms with van der Waals surface area (Å²) in [6.45, 7) is 4.34. The first-order valence-corrected chi connectivity index (χ1v) is 10.6. The van der Waals surface area contributed by atoms with Crippen LogP contribution < -0.4 is 5.32 Å². The number of nitrogens with zero attached hydrogens (tertiary/aromatic N) is 2. The van der Waals surface area contributed by atoms with Crippen LogP contribution in [-0.4, -0.2) is 21.7 Å². The molecule has 0 bridgehead atoms. The molecule has 1 heterocycles. The van der Waals surface area contributed by atoms with Gasteiger partial charge in [-0.2, -0.15) is 0 Å². The van der Waals surface area contributed by atoms with Crippen LogP contribution in [0.1, 0.15) is 36.6 Å². The summed E-state index contributed by atoms with van der Waals surface area (Å²) in [5.41, 5.74) is 2.61. The van der Waals surface area contributed by atoms with E-state index in [1.54, 1.807) is 29.4 Å². The fourth-order valence-electron chi connectivity index (χ4n) is 3.31. The van der Waals surface area contributed by atoms with Gasteiger partial charge in [-0.05, 0) is 41.0 Å². The molecule has 0 aliphatic carbocycles. The lowest BCUT2D eigenvalue weighted by Crippen LogP contribution is -2.44. The lowest BCUT2D eigenvalue weighted by Gasteiger charge is -2.33. The van der Waals surface area contributed by atoms with Gasteiger partial charge >= 0.3 is 0 Å². The SMILES string of the molecule is CC(C)C(=O)N(Cc1ccc(Cl)cc1)C(C(=O)NCc1ccncc1)c1ccccc1. The normalized spacial score (nSPS) is 11.7. The van der Waals surface area contributed by atoms with E-state index in [2.05, 4.69) is 10.3 Å². The van der Waals surface area contributed by atoms with E-state index >= 15 is 0 Å². The third-order valence-electron chi connectivity index (χ3n) is 4.93. The zero-order valence-electron chi connectivity index (χ0n) is 17.7. The first-order chi connectivity index (χ1) is 15.0. The highest BCUT2D eigenvalue weighted by molar-refractivity contribution is 6.30. The highest BCUT2D eigenvalue weighted by Crippen LogP contribution is 2.26. The van der Waals surface area contributed by atoms with E-state index in [9.17, 15) is 9.59 Å². The molecule has 2 amide bonds. The van der Waals surface area contributed by atoms with E-state index in [1.165, 1.54) is 0 Å². The summed E-state index contributed by atoms with van der Waals surface area (Å²) in [6, 6.07) is 19.7. The van der Waals surface area contributed by atoms with Crippen molar-refractivity contribution in [2.24, 2.45) is 5.92 Å². The summed E-state index contributed by atoms with van der Waals surface area (Å²) in [5, 5.41) is 3.61. The van der Waals surface area contributed by atoms with Crippen molar-refractivity contribution in [2.45, 2.75) is 33.0 Å². The first kappa shape index (κ1) is 22.5. The number of amides is 2. The molecule has 31 heavy (non-hydrogen) atoms. The molecule has 0 aliphatic heterocycles. The summed E-state index contributed by atoms with van der Waals surface area (Å²) >= 11 is 6.02. The van der Waals surface area contributed by atoms with Gasteiger partial charge in [0.15, 0.2) is 0 Å². The molecule has 1 atom stereocenters. The largest absolute Gasteiger partial charge is 0.350 e. The summed E-state index contributed by atoms with van der Waals surface area (Å²) in [5.74, 6) is -0.583. The fourth-order valence-corrected chi connectivity index (χ4v) is 3.44. The molecule has 0 radical (unpaired) electrons. The molecular formula is C25H26ClN3O2. The minimum absolute atomic E-state index is 0.0946. The molecule has 2 aromatic carbocycles. The van der Waals surface area contributed by atoms with Gasteiger partial charge in [-0.3, -0.25) is 14.6 Å². The van der Waals surface area contributed by atoms with Crippen molar-refractivity contribution < 1.29 is 9.59 Å². The Morgan fingerprint density at radius 1 is 0.935 bits per heavy atom. The van der Waals surface area contributed by atoms with Crippen LogP contribution in [0.25, 0.3) is 0 Å². The maximum absolute atomic E-state index is 13.4. The first-order valence-electron chi connectivity index (χ1n) is 10.2. The monoisotopic (exact) mass is 435 g/mol. The zero-order chi connectivity index (χ0) is 22.2. The molecule has 1 N–H and O–H groups in total. The number of hydrogen-bond donors (Lipinski definition) is 1. The number of carbonyl (C=O) groups excluding carboxylic acids is 2. The Morgan fingerprint density at radius 2 is 1.58 bits per heavy atom. The predicted molar refractivity (Wildman–Crippen MR) is 122 cm³/mol. The lowest BCUT2D eigenvalue weighted by molar-refractivity contribution is -0.144. The highest BCUT2D eigenvalue weighted by Gasteiger charge is 2.32. The second kappa shape index (κ2) is 10.7. The van der Waals surface area contributed by atoms with Crippen LogP contribution >= 0.6 is 11.6 Å². The minimum Gasteiger partial charge on any atom is -0.350 e. The van der Waals surface area contributed by atoms with Crippen LogP contribution in [-0.2, 0) is 22.7 Å². The zero-order valence-corrected chi connectivity index (χ0v) is 18.4. The average molecular weight is 436 g/mol. The maximum Gasteiger partial charge on any atom is 0.247 e. The van der Waals surface area contributed by atoms with Gasteiger partial charge in [-0.15, -0.1) is 0 Å². The topological polar surface area (TPSA) is 62.3 Å². The minimum atomic E-state index is -0.756. The van der Waals surface area contributed by atoms with E-state index in [4.69, 9.17) is 11.6 Å². The van der Waals surface area contributed by atoms with Crippen molar-refractivity contribution in [3.63, 3.8) is 0 Å². The summed E-state index contributed by atoms with van der Waals surface area (Å²) < 4.78 is 0. The summed E-state index contributed by atoms with van der Waals surface area (Å²) in [6.07, 6.45) is 3.37. The van der Waals surface area contributed by atoms with Crippen LogP contribution in [0.15, 0.2) is 79.1 Å². The maximum atomic E-state index is 13.4. The molecule has 0 aliphatic rings. The van der Waals surface area contributed by atoms with Crippen LogP contribution in [0.3, 0.4) is 0 Å². The van der Waals surface area contributed by atoms with Crippen molar-refractivity contribution in [2.75, 3.05) is 0 Å². The molecule has 160 valence electrons. The molecule has 6 heteroatoms. The number of carbonyl (C=O) groups is 2. The van der Waals surface area contributed by atoms with Crippen molar-refractivity contribution in [3.8, 4) is 0 Å². The summed E-state index contributed by atoms with van der Waals surface area (Å²) in [4.78, 5) is 32.3. The van der Waals surface area contributed by atoms with Crippen LogP contribution in [0.2, 0.25) is 5.02 Å². The molecular weight excluding hydrogens is 410 g/mol. The van der Waals surface area contributed by atoms with Crippen LogP contribution in [0.4, 0.5) is 0 Å². The Balaban J connectivity index is 1.93. The van der Waals surface area contributed by atoms with Crippen molar-refractivity contribution in [3.05, 3.63) is 101 Å². The Hall–Kier alpha value is -3.18. The molecule has 1 unspecified atom stereocenters. The number of halogens is 1. The molecule has 0 spiro atoms. The van der Waals surface area contributed by atoms with Gasteiger partial charge in [-0.1, -0.05) is 67.9 Å². The second-order valence-electron chi connectivity index (χ2n) is 7.63. The number of nitrogens with one attached hydrogen (secondary N) is 1. The molecule has 0 saturated heterocycles. The van der Waals surface area contributed by atoms with E-state index in [0.717, 1.165) is 16.7 Å². The third kappa shape index (κ3) is 6.15. The van der Waals surface area contributed by atoms with Gasteiger partial charge in [0.1, 0.15) is 6.04 Å². The van der Waals surface area contributed by atoms with Crippen molar-refractivity contribution in [1.29, 1.82) is 0 Å². The average Bonchev–Trinajstić information content (AvgIpc) is 2.79. The number of pyridine rings is 1. The van der Waals surface area contributed by atoms with Gasteiger partial charge in [-0.25, -0.2) is 0 Å². The quantitative estimate of drug-likeness (QED) is 0.554. The predicted octanol–water partition coefficient (Wildman–Crippen LogP) is 4.78. The van der Waals surface area contributed by atoms with Gasteiger partial charge in [0.2, 0.25) is 11.8 Å². The van der Waals surface area contributed by atoms with Crippen LogP contribution in [0.5, 0.6) is 0 Å². The summed E-state index contributed by atoms with van der Waals surface area (Å²) in [7, 11) is 0. The van der Waals surface area contributed by atoms with Gasteiger partial charge in [0.05, 0.1) is 0 Å². The Labute approximate surface area is 188 Å². The van der Waals surface area contributed by atoms with Gasteiger partial charge in [0, 0.05) is 36.4 Å². The standard InChI is InChI=1S/C25H26ClN3O2/c1-18(2)25(31)29(17-20-8-10-22(26)11-9-20)23(21-6-4-3-5-7-21)24(30)28-16-19-12-14-27-15-13-19/h3-15,18,23H,16-17H2,1-2H3,(H,28,30). The molecule has 0 fully saturated rings. The van der Waals surface area contributed by atoms with Gasteiger partial charge < -0.3 is 10.2 Å². The Bertz CT molecular complexity index is 992. The fraction of sp³-hybridized carbons (Fsp3) is 0.240. The van der Waals surface area contributed by atoms with Crippen molar-refractivity contribution >= 4 is 23.4 Å². The number of aromatic nitrogens is 1. The van der Waals surface area contributed by atoms with Crippen molar-refractivity contribution in [1.82, 2.24) is 15.2 Å². The van der Waals surface area contributed by atoms with E-state index < -0.39 is 6.04 Å². The molecule has 3 aromatic rings. The van der Waals surface area contributed by atoms with Crippen LogP contribution in [0, 0.1) is 5.92 Å². The Kier molecular flexibility index (Phi) is 7.79. The second-order valence-corrected chi connectivity index (χ2v) is 8.07. The molecule has 0 saturated carbocycles. The lowest BCUT2D eigenvalue weighted by atomic mass is 10.0. The molecule has 5 nitrogen and oxygen atoms in total. The highest BCUT2D eigenvalue weighted by atomic mass is 35.5. The molecule has 3 rings (SSSR count).